The number of thiazole rings is 1. The lowest BCUT2D eigenvalue weighted by Gasteiger charge is -2.32. The Morgan fingerprint density at radius 3 is 2.80 bits per heavy atom. The lowest BCUT2D eigenvalue weighted by atomic mass is 9.96. The standard InChI is InChI=1S/C19H26N4OS/c24-17(21-15-8-3-1-2-4-9-15)14-7-6-12-23(13-14)19-22-16-10-5-11-20-18(16)25-19/h5,10-11,14-15H,1-4,6-9,12-13H2,(H,21,24)/t14-/m0/s1. The monoisotopic (exact) mass is 358 g/mol. The maximum absolute atomic E-state index is 12.8. The zero-order chi connectivity index (χ0) is 17.1. The van der Waals surface area contributed by atoms with Crippen LogP contribution >= 0.6 is 11.3 Å². The maximum atomic E-state index is 12.8. The predicted octanol–water partition coefficient (Wildman–Crippen LogP) is 3.75. The summed E-state index contributed by atoms with van der Waals surface area (Å²) in [6.45, 7) is 1.76. The van der Waals surface area contributed by atoms with Crippen molar-refractivity contribution in [3.63, 3.8) is 0 Å². The molecule has 2 aliphatic rings. The van der Waals surface area contributed by atoms with E-state index in [-0.39, 0.29) is 11.8 Å². The van der Waals surface area contributed by atoms with Crippen molar-refractivity contribution >= 4 is 32.7 Å². The number of rotatable bonds is 3. The Morgan fingerprint density at radius 1 is 1.16 bits per heavy atom. The zero-order valence-corrected chi connectivity index (χ0v) is 15.4. The Morgan fingerprint density at radius 2 is 2.00 bits per heavy atom. The van der Waals surface area contributed by atoms with Crippen molar-refractivity contribution in [3.8, 4) is 0 Å². The van der Waals surface area contributed by atoms with Gasteiger partial charge in [0.05, 0.1) is 5.92 Å². The molecule has 0 radical (unpaired) electrons. The smallest absolute Gasteiger partial charge is 0.225 e. The highest BCUT2D eigenvalue weighted by Gasteiger charge is 2.28. The fourth-order valence-electron chi connectivity index (χ4n) is 4.00. The van der Waals surface area contributed by atoms with E-state index in [2.05, 4.69) is 15.2 Å². The second-order valence-corrected chi connectivity index (χ2v) is 8.26. The lowest BCUT2D eigenvalue weighted by Crippen LogP contribution is -2.46. The third-order valence-corrected chi connectivity index (χ3v) is 6.46. The van der Waals surface area contributed by atoms with E-state index in [4.69, 9.17) is 4.98 Å². The van der Waals surface area contributed by atoms with Gasteiger partial charge in [0.1, 0.15) is 10.3 Å². The minimum Gasteiger partial charge on any atom is -0.353 e. The van der Waals surface area contributed by atoms with Gasteiger partial charge in [-0.05, 0) is 37.8 Å². The predicted molar refractivity (Wildman–Crippen MR) is 102 cm³/mol. The van der Waals surface area contributed by atoms with Crippen LogP contribution in [0.15, 0.2) is 18.3 Å². The average Bonchev–Trinajstić information content (AvgIpc) is 2.92. The molecule has 5 nitrogen and oxygen atoms in total. The van der Waals surface area contributed by atoms with Gasteiger partial charge in [-0.15, -0.1) is 0 Å². The number of hydrogen-bond donors (Lipinski definition) is 1. The SMILES string of the molecule is O=C(NC1CCCCCC1)[C@H]1CCCN(c2nc3cccnc3s2)C1. The number of aromatic nitrogens is 2. The molecule has 2 aromatic heterocycles. The molecular formula is C19H26N4OS. The van der Waals surface area contributed by atoms with Crippen molar-refractivity contribution in [2.45, 2.75) is 57.4 Å². The van der Waals surface area contributed by atoms with Crippen molar-refractivity contribution in [1.82, 2.24) is 15.3 Å². The van der Waals surface area contributed by atoms with E-state index >= 15 is 0 Å². The summed E-state index contributed by atoms with van der Waals surface area (Å²) in [6, 6.07) is 4.31. The molecule has 1 saturated heterocycles. The van der Waals surface area contributed by atoms with Crippen LogP contribution in [-0.2, 0) is 4.79 Å². The number of nitrogens with one attached hydrogen (secondary N) is 1. The van der Waals surface area contributed by atoms with Crippen LogP contribution in [0.25, 0.3) is 10.3 Å². The topological polar surface area (TPSA) is 58.1 Å². The fraction of sp³-hybridized carbons (Fsp3) is 0.632. The number of nitrogens with zero attached hydrogens (tertiary/aromatic N) is 3. The van der Waals surface area contributed by atoms with Crippen molar-refractivity contribution < 1.29 is 4.79 Å². The van der Waals surface area contributed by atoms with Crippen LogP contribution in [0.4, 0.5) is 5.13 Å². The van der Waals surface area contributed by atoms with E-state index in [1.807, 2.05) is 18.3 Å². The van der Waals surface area contributed by atoms with Crippen LogP contribution in [-0.4, -0.2) is 35.0 Å². The molecule has 0 unspecified atom stereocenters. The number of fused-ring (bicyclic) bond motifs is 1. The summed E-state index contributed by atoms with van der Waals surface area (Å²) in [5.74, 6) is 0.327. The van der Waals surface area contributed by atoms with Crippen LogP contribution < -0.4 is 10.2 Å². The van der Waals surface area contributed by atoms with Gasteiger partial charge in [-0.25, -0.2) is 9.97 Å². The molecule has 1 saturated carbocycles. The first-order valence-corrected chi connectivity index (χ1v) is 10.4. The number of hydrogen-bond acceptors (Lipinski definition) is 5. The molecule has 1 N–H and O–H groups in total. The summed E-state index contributed by atoms with van der Waals surface area (Å²) >= 11 is 1.63. The molecule has 0 spiro atoms. The van der Waals surface area contributed by atoms with Crippen LogP contribution in [0, 0.1) is 5.92 Å². The summed E-state index contributed by atoms with van der Waals surface area (Å²) in [4.78, 5) is 25.1. The third-order valence-electron chi connectivity index (χ3n) is 5.42. The second kappa shape index (κ2) is 7.68. The zero-order valence-electron chi connectivity index (χ0n) is 14.6. The molecule has 0 aromatic carbocycles. The van der Waals surface area contributed by atoms with Crippen molar-refractivity contribution in [3.05, 3.63) is 18.3 Å². The van der Waals surface area contributed by atoms with Crippen LogP contribution in [0.2, 0.25) is 0 Å². The Labute approximate surface area is 152 Å². The second-order valence-electron chi connectivity index (χ2n) is 7.31. The molecule has 1 amide bonds. The Balaban J connectivity index is 1.40. The largest absolute Gasteiger partial charge is 0.353 e. The minimum absolute atomic E-state index is 0.0805. The Kier molecular flexibility index (Phi) is 5.15. The molecule has 3 heterocycles. The summed E-state index contributed by atoms with van der Waals surface area (Å²) in [6.07, 6.45) is 11.3. The summed E-state index contributed by atoms with van der Waals surface area (Å²) < 4.78 is 0. The fourth-order valence-corrected chi connectivity index (χ4v) is 4.94. The number of pyridine rings is 1. The first kappa shape index (κ1) is 16.8. The molecule has 1 atom stereocenters. The Bertz CT molecular complexity index is 690. The number of carbonyl (C=O) groups is 1. The van der Waals surface area contributed by atoms with Gasteiger partial charge in [-0.3, -0.25) is 4.79 Å². The van der Waals surface area contributed by atoms with Gasteiger partial charge < -0.3 is 10.2 Å². The van der Waals surface area contributed by atoms with Gasteiger partial charge in [0, 0.05) is 25.3 Å². The molecule has 1 aliphatic heterocycles. The molecular weight excluding hydrogens is 332 g/mol. The Hall–Kier alpha value is -1.69. The summed E-state index contributed by atoms with van der Waals surface area (Å²) in [5.41, 5.74) is 0.951. The van der Waals surface area contributed by atoms with Gasteiger partial charge >= 0.3 is 0 Å². The highest BCUT2D eigenvalue weighted by Crippen LogP contribution is 2.30. The van der Waals surface area contributed by atoms with E-state index in [1.54, 1.807) is 11.3 Å². The van der Waals surface area contributed by atoms with Crippen LogP contribution in [0.3, 0.4) is 0 Å². The third kappa shape index (κ3) is 3.94. The molecule has 4 rings (SSSR count). The van der Waals surface area contributed by atoms with Crippen LogP contribution in [0.1, 0.15) is 51.4 Å². The van der Waals surface area contributed by atoms with Gasteiger partial charge in [-0.2, -0.15) is 0 Å². The van der Waals surface area contributed by atoms with Gasteiger partial charge in [0.2, 0.25) is 5.91 Å². The molecule has 2 fully saturated rings. The first-order chi connectivity index (χ1) is 12.3. The molecule has 0 bridgehead atoms. The van der Waals surface area contributed by atoms with Crippen LogP contribution in [0.5, 0.6) is 0 Å². The molecule has 2 aromatic rings. The summed E-state index contributed by atoms with van der Waals surface area (Å²) in [5, 5.41) is 4.33. The quantitative estimate of drug-likeness (QED) is 0.849. The van der Waals surface area contributed by atoms with E-state index in [0.717, 1.165) is 54.3 Å². The maximum Gasteiger partial charge on any atom is 0.225 e. The minimum atomic E-state index is 0.0805. The van der Waals surface area contributed by atoms with Gasteiger partial charge in [0.15, 0.2) is 5.13 Å². The summed E-state index contributed by atoms with van der Waals surface area (Å²) in [7, 11) is 0. The first-order valence-electron chi connectivity index (χ1n) is 9.56. The molecule has 6 heteroatoms. The van der Waals surface area contributed by atoms with E-state index in [9.17, 15) is 4.79 Å². The molecule has 1 aliphatic carbocycles. The van der Waals surface area contributed by atoms with Crippen molar-refractivity contribution in [1.29, 1.82) is 0 Å². The number of piperidine rings is 1. The van der Waals surface area contributed by atoms with E-state index in [0.29, 0.717) is 6.04 Å². The normalized spacial score (nSPS) is 22.7. The number of anilines is 1. The van der Waals surface area contributed by atoms with Crippen molar-refractivity contribution in [2.75, 3.05) is 18.0 Å². The highest BCUT2D eigenvalue weighted by atomic mass is 32.1. The molecule has 25 heavy (non-hydrogen) atoms. The van der Waals surface area contributed by atoms with E-state index < -0.39 is 0 Å². The average molecular weight is 359 g/mol. The number of amides is 1. The number of carbonyl (C=O) groups excluding carboxylic acids is 1. The lowest BCUT2D eigenvalue weighted by molar-refractivity contribution is -0.126. The van der Waals surface area contributed by atoms with Gasteiger partial charge in [0.25, 0.3) is 0 Å². The van der Waals surface area contributed by atoms with Crippen molar-refractivity contribution in [2.24, 2.45) is 5.92 Å². The van der Waals surface area contributed by atoms with E-state index in [1.165, 1.54) is 25.7 Å². The highest BCUT2D eigenvalue weighted by molar-refractivity contribution is 7.21. The molecule has 134 valence electrons. The van der Waals surface area contributed by atoms with Gasteiger partial charge in [-0.1, -0.05) is 37.0 Å².